The van der Waals surface area contributed by atoms with Crippen molar-refractivity contribution in [2.24, 2.45) is 4.40 Å². The summed E-state index contributed by atoms with van der Waals surface area (Å²) in [5.74, 6) is 0.402. The summed E-state index contributed by atoms with van der Waals surface area (Å²) in [7, 11) is 0. The lowest BCUT2D eigenvalue weighted by Crippen LogP contribution is -2.27. The number of aliphatic hydroxyl groups excluding tert-OH is 1. The Hall–Kier alpha value is -1.13. The van der Waals surface area contributed by atoms with Gasteiger partial charge in [0.1, 0.15) is 28.4 Å². The van der Waals surface area contributed by atoms with Gasteiger partial charge in [-0.15, -0.1) is 0 Å². The van der Waals surface area contributed by atoms with E-state index in [1.807, 2.05) is 57.2 Å². The molecule has 0 spiro atoms. The Morgan fingerprint density at radius 1 is 1.38 bits per heavy atom. The molecule has 2 atom stereocenters. The van der Waals surface area contributed by atoms with Gasteiger partial charge in [-0.25, -0.2) is 4.98 Å². The van der Waals surface area contributed by atoms with Crippen molar-refractivity contribution in [1.29, 1.82) is 0 Å². The Balaban J connectivity index is 2.26. The normalized spacial score (nSPS) is 14.8. The first-order valence-electron chi connectivity index (χ1n) is 8.97. The maximum atomic E-state index is 12.5. The first-order valence-corrected chi connectivity index (χ1v) is 11.5. The quantitative estimate of drug-likeness (QED) is 0.219. The van der Waals surface area contributed by atoms with Crippen LogP contribution in [0.2, 0.25) is 5.15 Å². The number of ether oxygens (including phenoxy) is 1. The van der Waals surface area contributed by atoms with E-state index in [2.05, 4.69) is 32.0 Å². The third-order valence-corrected chi connectivity index (χ3v) is 6.20. The fraction of sp³-hybridized carbons (Fsp3) is 0.333. The van der Waals surface area contributed by atoms with E-state index in [1.165, 1.54) is 0 Å². The average Bonchev–Trinajstić information content (AvgIpc) is 2.64. The van der Waals surface area contributed by atoms with Crippen molar-refractivity contribution >= 4 is 57.3 Å². The van der Waals surface area contributed by atoms with Crippen LogP contribution < -0.4 is 4.74 Å². The van der Waals surface area contributed by atoms with Crippen LogP contribution >= 0.6 is 34.2 Å². The molecule has 2 rings (SSSR count). The van der Waals surface area contributed by atoms with E-state index in [0.717, 1.165) is 9.13 Å². The van der Waals surface area contributed by atoms with Gasteiger partial charge in [0.05, 0.1) is 15.4 Å². The number of rotatable bonds is 7. The minimum absolute atomic E-state index is 0.0799. The molecule has 1 aromatic carbocycles. The molecule has 5 nitrogen and oxygen atoms in total. The van der Waals surface area contributed by atoms with Gasteiger partial charge in [-0.05, 0) is 68.0 Å². The van der Waals surface area contributed by atoms with Crippen LogP contribution in [-0.2, 0) is 11.4 Å². The van der Waals surface area contributed by atoms with Gasteiger partial charge in [-0.2, -0.15) is 0 Å². The minimum Gasteiger partial charge on any atom is -0.591 e. The topological polar surface area (TPSA) is 77.8 Å². The third-order valence-electron chi connectivity index (χ3n) is 3.69. The first kappa shape index (κ1) is 24.1. The predicted molar refractivity (Wildman–Crippen MR) is 129 cm³/mol. The molecule has 29 heavy (non-hydrogen) atoms. The fourth-order valence-electron chi connectivity index (χ4n) is 2.08. The van der Waals surface area contributed by atoms with Crippen molar-refractivity contribution in [2.45, 2.75) is 38.5 Å². The number of benzene rings is 1. The van der Waals surface area contributed by atoms with Crippen LogP contribution in [-0.4, -0.2) is 31.7 Å². The Morgan fingerprint density at radius 3 is 2.59 bits per heavy atom. The highest BCUT2D eigenvalue weighted by Gasteiger charge is 2.27. The van der Waals surface area contributed by atoms with Crippen LogP contribution in [0.4, 0.5) is 0 Å². The molecule has 2 unspecified atom stereocenters. The second-order valence-electron chi connectivity index (χ2n) is 7.30. The maximum Gasteiger partial charge on any atom is 0.172 e. The summed E-state index contributed by atoms with van der Waals surface area (Å²) in [6, 6.07) is 11.5. The van der Waals surface area contributed by atoms with E-state index >= 15 is 0 Å². The monoisotopic (exact) mass is 546 g/mol. The second-order valence-corrected chi connectivity index (χ2v) is 10.7. The van der Waals surface area contributed by atoms with Gasteiger partial charge in [0, 0.05) is 0 Å². The predicted octanol–water partition coefficient (Wildman–Crippen LogP) is 5.39. The molecule has 1 N–H and O–H groups in total. The van der Waals surface area contributed by atoms with Crippen LogP contribution in [0.5, 0.6) is 5.75 Å². The van der Waals surface area contributed by atoms with Gasteiger partial charge in [0.25, 0.3) is 0 Å². The highest BCUT2D eigenvalue weighted by molar-refractivity contribution is 14.1. The van der Waals surface area contributed by atoms with E-state index in [4.69, 9.17) is 16.3 Å². The van der Waals surface area contributed by atoms with Crippen molar-refractivity contribution in [3.63, 3.8) is 0 Å². The van der Waals surface area contributed by atoms with Crippen molar-refractivity contribution in [3.8, 4) is 5.75 Å². The summed E-state index contributed by atoms with van der Waals surface area (Å²) in [6.07, 6.45) is 2.95. The lowest BCUT2D eigenvalue weighted by Gasteiger charge is -2.19. The van der Waals surface area contributed by atoms with Crippen molar-refractivity contribution in [3.05, 3.63) is 62.5 Å². The van der Waals surface area contributed by atoms with E-state index in [1.54, 1.807) is 19.1 Å². The van der Waals surface area contributed by atoms with Gasteiger partial charge in [0.2, 0.25) is 0 Å². The molecule has 0 amide bonds. The SMILES string of the molecule is CC(O)c1cc(I)c(OCC(/C=C/c2ccccc2)=N/[S+]([O-])C(C)(C)C)c(Cl)n1. The molecular weight excluding hydrogens is 523 g/mol. The summed E-state index contributed by atoms with van der Waals surface area (Å²) < 4.78 is 23.0. The van der Waals surface area contributed by atoms with Crippen molar-refractivity contribution in [1.82, 2.24) is 4.98 Å². The van der Waals surface area contributed by atoms with Crippen molar-refractivity contribution in [2.75, 3.05) is 6.61 Å². The molecule has 0 aliphatic heterocycles. The number of halogens is 2. The molecule has 0 aliphatic rings. The van der Waals surface area contributed by atoms with E-state index in [-0.39, 0.29) is 11.8 Å². The lowest BCUT2D eigenvalue weighted by molar-refractivity contribution is 0.194. The summed E-state index contributed by atoms with van der Waals surface area (Å²) in [5, 5.41) is 9.87. The molecule has 1 heterocycles. The lowest BCUT2D eigenvalue weighted by atomic mass is 10.2. The van der Waals surface area contributed by atoms with Gasteiger partial charge < -0.3 is 14.4 Å². The third kappa shape index (κ3) is 7.57. The molecule has 0 saturated heterocycles. The van der Waals surface area contributed by atoms with Crippen LogP contribution in [0.3, 0.4) is 0 Å². The van der Waals surface area contributed by atoms with E-state index < -0.39 is 22.2 Å². The average molecular weight is 547 g/mol. The molecule has 2 aromatic rings. The van der Waals surface area contributed by atoms with Gasteiger partial charge in [-0.3, -0.25) is 0 Å². The molecular formula is C21H24ClIN2O3S. The summed E-state index contributed by atoms with van der Waals surface area (Å²) in [4.78, 5) is 4.17. The minimum atomic E-state index is -1.43. The highest BCUT2D eigenvalue weighted by Crippen LogP contribution is 2.31. The largest absolute Gasteiger partial charge is 0.591 e. The van der Waals surface area contributed by atoms with Gasteiger partial charge in [0.15, 0.2) is 10.9 Å². The molecule has 0 bridgehead atoms. The van der Waals surface area contributed by atoms with Crippen LogP contribution in [0.25, 0.3) is 6.08 Å². The highest BCUT2D eigenvalue weighted by atomic mass is 127. The fourth-order valence-corrected chi connectivity index (χ4v) is 3.83. The second kappa shape index (κ2) is 10.8. The van der Waals surface area contributed by atoms with Gasteiger partial charge in [-0.1, -0.05) is 52.4 Å². The zero-order valence-electron chi connectivity index (χ0n) is 16.7. The summed E-state index contributed by atoms with van der Waals surface area (Å²) in [5.41, 5.74) is 1.99. The molecule has 156 valence electrons. The maximum absolute atomic E-state index is 12.5. The van der Waals surface area contributed by atoms with E-state index in [0.29, 0.717) is 17.2 Å². The molecule has 0 aliphatic carbocycles. The van der Waals surface area contributed by atoms with Crippen LogP contribution in [0, 0.1) is 3.57 Å². The number of nitrogens with zero attached hydrogens (tertiary/aromatic N) is 2. The van der Waals surface area contributed by atoms with Crippen molar-refractivity contribution < 1.29 is 14.4 Å². The number of pyridine rings is 1. The Labute approximate surface area is 193 Å². The number of hydrogen-bond donors (Lipinski definition) is 1. The van der Waals surface area contributed by atoms with Crippen LogP contribution in [0.1, 0.15) is 45.1 Å². The number of aromatic nitrogens is 1. The van der Waals surface area contributed by atoms with E-state index in [9.17, 15) is 9.66 Å². The summed E-state index contributed by atoms with van der Waals surface area (Å²) in [6.45, 7) is 7.30. The Bertz CT molecular complexity index is 860. The molecule has 0 fully saturated rings. The smallest absolute Gasteiger partial charge is 0.172 e. The van der Waals surface area contributed by atoms with Crippen LogP contribution in [0.15, 0.2) is 46.9 Å². The zero-order chi connectivity index (χ0) is 21.6. The zero-order valence-corrected chi connectivity index (χ0v) is 20.5. The molecule has 0 saturated carbocycles. The first-order chi connectivity index (χ1) is 13.6. The molecule has 1 aromatic heterocycles. The Kier molecular flexibility index (Phi) is 8.96. The number of hydrogen-bond acceptors (Lipinski definition) is 5. The van der Waals surface area contributed by atoms with Gasteiger partial charge >= 0.3 is 0 Å². The molecule has 8 heteroatoms. The number of aliphatic hydroxyl groups is 1. The Morgan fingerprint density at radius 2 is 2.03 bits per heavy atom. The standard InChI is InChI=1S/C21H24ClIN2O3S/c1-14(26)18-12-17(23)19(20(22)24-18)28-13-16(25-29(27)21(2,3)4)11-10-15-8-6-5-7-9-15/h5-12,14,26H,13H2,1-4H3/b11-10+,25-16+. The molecule has 0 radical (unpaired) electrons. The summed E-state index contributed by atoms with van der Waals surface area (Å²) >= 11 is 6.90.